The van der Waals surface area contributed by atoms with Gasteiger partial charge in [-0.15, -0.1) is 11.3 Å². The molecule has 168 valence electrons. The lowest BCUT2D eigenvalue weighted by atomic mass is 10.2. The molecule has 0 saturated heterocycles. The van der Waals surface area contributed by atoms with Crippen LogP contribution < -0.4 is 14.8 Å². The van der Waals surface area contributed by atoms with Gasteiger partial charge in [-0.05, 0) is 42.0 Å². The molecule has 0 radical (unpaired) electrons. The summed E-state index contributed by atoms with van der Waals surface area (Å²) in [4.78, 5) is 20.9. The molecule has 9 heteroatoms. The normalized spacial score (nSPS) is 10.6. The number of thiazole rings is 1. The first-order chi connectivity index (χ1) is 16.0. The molecule has 1 amide bonds. The minimum Gasteiger partial charge on any atom is -0.493 e. The minimum atomic E-state index is -0.678. The lowest BCUT2D eigenvalue weighted by Gasteiger charge is -2.12. The van der Waals surface area contributed by atoms with Crippen molar-refractivity contribution < 1.29 is 23.0 Å². The number of methoxy groups -OCH3 is 1. The predicted octanol–water partition coefficient (Wildman–Crippen LogP) is 5.00. The molecule has 0 saturated carbocycles. The molecule has 0 unspecified atom stereocenters. The second kappa shape index (κ2) is 10.2. The maximum absolute atomic E-state index is 13.8. The molecule has 2 heterocycles. The molecule has 0 atom stereocenters. The van der Waals surface area contributed by atoms with Crippen LogP contribution in [0.5, 0.6) is 11.5 Å². The van der Waals surface area contributed by atoms with Gasteiger partial charge < -0.3 is 14.8 Å². The third-order valence-corrected chi connectivity index (χ3v) is 5.61. The van der Waals surface area contributed by atoms with Crippen LogP contribution in [0.15, 0.2) is 66.3 Å². The number of amides is 1. The molecule has 0 fully saturated rings. The van der Waals surface area contributed by atoms with Gasteiger partial charge in [0.05, 0.1) is 7.11 Å². The molecule has 0 aliphatic rings. The van der Waals surface area contributed by atoms with Crippen LogP contribution in [0.25, 0.3) is 10.6 Å². The maximum atomic E-state index is 13.8. The van der Waals surface area contributed by atoms with E-state index in [2.05, 4.69) is 15.3 Å². The Labute approximate surface area is 192 Å². The highest BCUT2D eigenvalue weighted by molar-refractivity contribution is 7.13. The molecule has 6 nitrogen and oxygen atoms in total. The van der Waals surface area contributed by atoms with Gasteiger partial charge in [0.15, 0.2) is 11.5 Å². The van der Waals surface area contributed by atoms with Gasteiger partial charge in [-0.2, -0.15) is 0 Å². The van der Waals surface area contributed by atoms with Gasteiger partial charge in [-0.3, -0.25) is 9.78 Å². The second-order valence-electron chi connectivity index (χ2n) is 6.97. The lowest BCUT2D eigenvalue weighted by molar-refractivity contribution is 0.0946. The van der Waals surface area contributed by atoms with E-state index in [-0.39, 0.29) is 18.1 Å². The number of hydrogen-bond acceptors (Lipinski definition) is 6. The van der Waals surface area contributed by atoms with E-state index >= 15 is 0 Å². The quantitative estimate of drug-likeness (QED) is 0.395. The summed E-state index contributed by atoms with van der Waals surface area (Å²) in [6.07, 6.45) is 3.36. The van der Waals surface area contributed by atoms with E-state index in [1.165, 1.54) is 30.6 Å². The fourth-order valence-corrected chi connectivity index (χ4v) is 3.80. The Hall–Kier alpha value is -3.85. The Morgan fingerprint density at radius 1 is 1.12 bits per heavy atom. The molecule has 2 aromatic heterocycles. The monoisotopic (exact) mass is 467 g/mol. The molecule has 0 spiro atoms. The van der Waals surface area contributed by atoms with Crippen molar-refractivity contribution in [3.63, 3.8) is 0 Å². The summed E-state index contributed by atoms with van der Waals surface area (Å²) < 4.78 is 38.0. The zero-order valence-corrected chi connectivity index (χ0v) is 18.4. The smallest absolute Gasteiger partial charge is 0.271 e. The first kappa shape index (κ1) is 22.3. The number of rotatable bonds is 8. The molecule has 0 aliphatic carbocycles. The SMILES string of the molecule is COc1cc(-c2nc(C(=O)NCc3cccnc3)cs2)ccc1OCc1ccc(F)cc1F. The first-order valence-electron chi connectivity index (χ1n) is 9.91. The third-order valence-electron chi connectivity index (χ3n) is 4.72. The van der Waals surface area contributed by atoms with Gasteiger partial charge in [0.2, 0.25) is 0 Å². The Balaban J connectivity index is 1.44. The largest absolute Gasteiger partial charge is 0.493 e. The minimum absolute atomic E-state index is 0.0830. The number of ether oxygens (including phenoxy) is 2. The predicted molar refractivity (Wildman–Crippen MR) is 120 cm³/mol. The van der Waals surface area contributed by atoms with Crippen molar-refractivity contribution in [3.05, 3.63) is 94.8 Å². The van der Waals surface area contributed by atoms with Crippen LogP contribution in [0.1, 0.15) is 21.6 Å². The second-order valence-corrected chi connectivity index (χ2v) is 7.83. The standard InChI is InChI=1S/C24H19F2N3O3S/c1-31-22-9-16(5-7-21(22)32-13-17-4-6-18(25)10-19(17)26)24-29-20(14-33-24)23(30)28-12-15-3-2-8-27-11-15/h2-11,14H,12-13H2,1H3,(H,28,30). The Morgan fingerprint density at radius 2 is 2.00 bits per heavy atom. The molecule has 1 N–H and O–H groups in total. The number of halogens is 2. The number of nitrogens with one attached hydrogen (secondary N) is 1. The van der Waals surface area contributed by atoms with Crippen LogP contribution in [-0.2, 0) is 13.2 Å². The summed E-state index contributed by atoms with van der Waals surface area (Å²) in [7, 11) is 1.49. The Kier molecular flexibility index (Phi) is 6.89. The molecule has 33 heavy (non-hydrogen) atoms. The average molecular weight is 467 g/mol. The van der Waals surface area contributed by atoms with Gasteiger partial charge in [0.1, 0.15) is 28.9 Å². The van der Waals surface area contributed by atoms with Gasteiger partial charge in [-0.25, -0.2) is 13.8 Å². The first-order valence-corrected chi connectivity index (χ1v) is 10.8. The summed E-state index contributed by atoms with van der Waals surface area (Å²) >= 11 is 1.33. The van der Waals surface area contributed by atoms with E-state index < -0.39 is 11.6 Å². The molecule has 2 aromatic carbocycles. The van der Waals surface area contributed by atoms with Crippen molar-refractivity contribution in [2.45, 2.75) is 13.2 Å². The fraction of sp³-hybridized carbons (Fsp3) is 0.125. The van der Waals surface area contributed by atoms with E-state index in [0.29, 0.717) is 28.7 Å². The summed E-state index contributed by atoms with van der Waals surface area (Å²) in [5.74, 6) is -0.784. The third kappa shape index (κ3) is 5.50. The number of hydrogen-bond donors (Lipinski definition) is 1. The van der Waals surface area contributed by atoms with Crippen molar-refractivity contribution in [3.8, 4) is 22.1 Å². The highest BCUT2D eigenvalue weighted by Crippen LogP contribution is 2.34. The number of aromatic nitrogens is 2. The molecular weight excluding hydrogens is 448 g/mol. The molecular formula is C24H19F2N3O3S. The summed E-state index contributed by atoms with van der Waals surface area (Å²) in [5, 5.41) is 5.14. The average Bonchev–Trinajstić information content (AvgIpc) is 3.33. The highest BCUT2D eigenvalue weighted by Gasteiger charge is 2.14. The van der Waals surface area contributed by atoms with Crippen molar-refractivity contribution in [2.24, 2.45) is 0 Å². The zero-order chi connectivity index (χ0) is 23.2. The van der Waals surface area contributed by atoms with Crippen LogP contribution in [0, 0.1) is 11.6 Å². The number of benzene rings is 2. The molecule has 0 bridgehead atoms. The van der Waals surface area contributed by atoms with Crippen LogP contribution in [0.2, 0.25) is 0 Å². The van der Waals surface area contributed by atoms with Crippen molar-refractivity contribution in [1.29, 1.82) is 0 Å². The molecule has 4 rings (SSSR count). The van der Waals surface area contributed by atoms with Gasteiger partial charge in [-0.1, -0.05) is 6.07 Å². The summed E-state index contributed by atoms with van der Waals surface area (Å²) in [5.41, 5.74) is 2.17. The number of pyridine rings is 1. The van der Waals surface area contributed by atoms with E-state index in [1.54, 1.807) is 42.0 Å². The Morgan fingerprint density at radius 3 is 2.76 bits per heavy atom. The van der Waals surface area contributed by atoms with Crippen LogP contribution in [0.3, 0.4) is 0 Å². The van der Waals surface area contributed by atoms with Crippen LogP contribution in [-0.4, -0.2) is 23.0 Å². The Bertz CT molecular complexity index is 1270. The maximum Gasteiger partial charge on any atom is 0.271 e. The van der Waals surface area contributed by atoms with Crippen molar-refractivity contribution in [2.75, 3.05) is 7.11 Å². The molecule has 4 aromatic rings. The fourth-order valence-electron chi connectivity index (χ4n) is 3.00. The van der Waals surface area contributed by atoms with Crippen LogP contribution >= 0.6 is 11.3 Å². The summed E-state index contributed by atoms with van der Waals surface area (Å²) in [6.45, 7) is 0.272. The number of carbonyl (C=O) groups excluding carboxylic acids is 1. The number of nitrogens with zero attached hydrogens (tertiary/aromatic N) is 2. The lowest BCUT2D eigenvalue weighted by Crippen LogP contribution is -2.23. The topological polar surface area (TPSA) is 73.3 Å². The van der Waals surface area contributed by atoms with Gasteiger partial charge >= 0.3 is 0 Å². The number of carbonyl (C=O) groups is 1. The zero-order valence-electron chi connectivity index (χ0n) is 17.5. The van der Waals surface area contributed by atoms with E-state index in [1.807, 2.05) is 6.07 Å². The summed E-state index contributed by atoms with van der Waals surface area (Å²) in [6, 6.07) is 12.2. The van der Waals surface area contributed by atoms with Crippen molar-refractivity contribution >= 4 is 17.2 Å². The highest BCUT2D eigenvalue weighted by atomic mass is 32.1. The van der Waals surface area contributed by atoms with Crippen molar-refractivity contribution in [1.82, 2.24) is 15.3 Å². The van der Waals surface area contributed by atoms with E-state index in [9.17, 15) is 13.6 Å². The van der Waals surface area contributed by atoms with E-state index in [0.717, 1.165) is 17.2 Å². The van der Waals surface area contributed by atoms with Crippen LogP contribution in [0.4, 0.5) is 8.78 Å². The van der Waals surface area contributed by atoms with Gasteiger partial charge in [0.25, 0.3) is 5.91 Å². The molecule has 0 aliphatic heterocycles. The van der Waals surface area contributed by atoms with E-state index in [4.69, 9.17) is 9.47 Å². The van der Waals surface area contributed by atoms with Gasteiger partial charge in [0, 0.05) is 41.5 Å².